The molecule has 0 amide bonds. The van der Waals surface area contributed by atoms with Crippen molar-refractivity contribution in [2.24, 2.45) is 0 Å². The Kier molecular flexibility index (Phi) is 4.62. The zero-order chi connectivity index (χ0) is 13.9. The molecule has 1 aliphatic rings. The summed E-state index contributed by atoms with van der Waals surface area (Å²) in [6.07, 6.45) is 1.41. The predicted molar refractivity (Wildman–Crippen MR) is 75.9 cm³/mol. The number of rotatable bonds is 5. The van der Waals surface area contributed by atoms with Crippen LogP contribution >= 0.6 is 11.3 Å². The highest BCUT2D eigenvalue weighted by Gasteiger charge is 2.33. The Hall–Kier alpha value is -0.470. The molecule has 108 valence electrons. The molecule has 0 aliphatic carbocycles. The lowest BCUT2D eigenvalue weighted by Crippen LogP contribution is -2.49. The highest BCUT2D eigenvalue weighted by Crippen LogP contribution is 2.26. The SMILES string of the molecule is CNCc1sccc1S(=O)(=O)NC1(C)CCOCC1. The molecular formula is C12H20N2O3S2. The van der Waals surface area contributed by atoms with Gasteiger partial charge in [0.2, 0.25) is 10.0 Å². The van der Waals surface area contributed by atoms with E-state index in [0.717, 1.165) is 4.88 Å². The first-order valence-corrected chi connectivity index (χ1v) is 8.66. The van der Waals surface area contributed by atoms with Gasteiger partial charge in [0.05, 0.1) is 4.90 Å². The minimum atomic E-state index is -3.46. The summed E-state index contributed by atoms with van der Waals surface area (Å²) in [6.45, 7) is 3.71. The van der Waals surface area contributed by atoms with E-state index in [1.54, 1.807) is 6.07 Å². The van der Waals surface area contributed by atoms with Crippen LogP contribution in [0.15, 0.2) is 16.3 Å². The normalized spacial score (nSPS) is 19.5. The molecule has 1 saturated heterocycles. The quantitative estimate of drug-likeness (QED) is 0.861. The van der Waals surface area contributed by atoms with Crippen molar-refractivity contribution in [2.45, 2.75) is 36.7 Å². The molecule has 0 aromatic carbocycles. The lowest BCUT2D eigenvalue weighted by molar-refractivity contribution is 0.0537. The lowest BCUT2D eigenvalue weighted by Gasteiger charge is -2.34. The second kappa shape index (κ2) is 5.88. The summed E-state index contributed by atoms with van der Waals surface area (Å²) < 4.78 is 33.1. The number of nitrogens with one attached hydrogen (secondary N) is 2. The molecule has 1 aromatic heterocycles. The first kappa shape index (κ1) is 14.9. The van der Waals surface area contributed by atoms with Crippen molar-refractivity contribution in [3.63, 3.8) is 0 Å². The fourth-order valence-electron chi connectivity index (χ4n) is 2.16. The van der Waals surface area contributed by atoms with Gasteiger partial charge in [0.15, 0.2) is 0 Å². The van der Waals surface area contributed by atoms with Gasteiger partial charge in [-0.15, -0.1) is 11.3 Å². The molecule has 0 radical (unpaired) electrons. The summed E-state index contributed by atoms with van der Waals surface area (Å²) >= 11 is 1.46. The van der Waals surface area contributed by atoms with E-state index in [9.17, 15) is 8.42 Å². The fraction of sp³-hybridized carbons (Fsp3) is 0.667. The highest BCUT2D eigenvalue weighted by atomic mass is 32.2. The first-order valence-electron chi connectivity index (χ1n) is 6.29. The van der Waals surface area contributed by atoms with E-state index in [0.29, 0.717) is 37.5 Å². The molecule has 5 nitrogen and oxygen atoms in total. The largest absolute Gasteiger partial charge is 0.381 e. The highest BCUT2D eigenvalue weighted by molar-refractivity contribution is 7.89. The van der Waals surface area contributed by atoms with Gasteiger partial charge in [-0.05, 0) is 38.3 Å². The van der Waals surface area contributed by atoms with Crippen molar-refractivity contribution in [3.8, 4) is 0 Å². The smallest absolute Gasteiger partial charge is 0.242 e. The molecule has 7 heteroatoms. The Bertz CT molecular complexity index is 519. The van der Waals surface area contributed by atoms with Crippen molar-refractivity contribution < 1.29 is 13.2 Å². The second-order valence-electron chi connectivity index (χ2n) is 5.02. The summed E-state index contributed by atoms with van der Waals surface area (Å²) in [6, 6.07) is 1.67. The summed E-state index contributed by atoms with van der Waals surface area (Å²) in [4.78, 5) is 1.23. The zero-order valence-electron chi connectivity index (χ0n) is 11.2. The number of ether oxygens (including phenoxy) is 1. The molecule has 1 aliphatic heterocycles. The number of hydrogen-bond acceptors (Lipinski definition) is 5. The van der Waals surface area contributed by atoms with E-state index in [1.807, 2.05) is 19.4 Å². The Morgan fingerprint density at radius 2 is 2.11 bits per heavy atom. The van der Waals surface area contributed by atoms with Crippen LogP contribution in [0.3, 0.4) is 0 Å². The molecule has 0 unspecified atom stereocenters. The molecule has 2 N–H and O–H groups in total. The van der Waals surface area contributed by atoms with Gasteiger partial charge in [-0.2, -0.15) is 0 Å². The maximum atomic E-state index is 12.5. The average molecular weight is 304 g/mol. The standard InChI is InChI=1S/C12H20N2O3S2/c1-12(4-6-17-7-5-12)14-19(15,16)11-3-8-18-10(11)9-13-2/h3,8,13-14H,4-7,9H2,1-2H3. The van der Waals surface area contributed by atoms with E-state index in [4.69, 9.17) is 4.74 Å². The number of hydrogen-bond donors (Lipinski definition) is 2. The van der Waals surface area contributed by atoms with Crippen molar-refractivity contribution >= 4 is 21.4 Å². The van der Waals surface area contributed by atoms with Gasteiger partial charge in [-0.1, -0.05) is 0 Å². The fourth-order valence-corrected chi connectivity index (χ4v) is 5.08. The Balaban J connectivity index is 2.19. The Labute approximate surface area is 118 Å². The summed E-state index contributed by atoms with van der Waals surface area (Å²) in [7, 11) is -1.65. The van der Waals surface area contributed by atoms with E-state index >= 15 is 0 Å². The molecule has 1 fully saturated rings. The van der Waals surface area contributed by atoms with Crippen LogP contribution in [0.4, 0.5) is 0 Å². The molecule has 2 heterocycles. The summed E-state index contributed by atoms with van der Waals surface area (Å²) in [5.74, 6) is 0. The monoisotopic (exact) mass is 304 g/mol. The molecule has 19 heavy (non-hydrogen) atoms. The number of thiophene rings is 1. The van der Waals surface area contributed by atoms with Crippen LogP contribution in [0.1, 0.15) is 24.6 Å². The van der Waals surface area contributed by atoms with Crippen LogP contribution in [0.25, 0.3) is 0 Å². The van der Waals surface area contributed by atoms with E-state index < -0.39 is 15.6 Å². The molecule has 0 spiro atoms. The van der Waals surface area contributed by atoms with Crippen molar-refractivity contribution in [1.29, 1.82) is 0 Å². The van der Waals surface area contributed by atoms with Gasteiger partial charge in [0.1, 0.15) is 0 Å². The van der Waals surface area contributed by atoms with Crippen LogP contribution in [0.2, 0.25) is 0 Å². The third-order valence-electron chi connectivity index (χ3n) is 3.31. The van der Waals surface area contributed by atoms with Gasteiger partial charge in [0.25, 0.3) is 0 Å². The van der Waals surface area contributed by atoms with Crippen LogP contribution in [-0.4, -0.2) is 34.2 Å². The molecule has 0 saturated carbocycles. The van der Waals surface area contributed by atoms with Gasteiger partial charge >= 0.3 is 0 Å². The Morgan fingerprint density at radius 3 is 2.74 bits per heavy atom. The topological polar surface area (TPSA) is 67.4 Å². The third-order valence-corrected chi connectivity index (χ3v) is 6.08. The van der Waals surface area contributed by atoms with Crippen LogP contribution < -0.4 is 10.0 Å². The molecule has 0 bridgehead atoms. The maximum absolute atomic E-state index is 12.5. The minimum absolute atomic E-state index is 0.388. The van der Waals surface area contributed by atoms with Crippen molar-refractivity contribution in [3.05, 3.63) is 16.3 Å². The molecular weight excluding hydrogens is 284 g/mol. The molecule has 0 atom stereocenters. The van der Waals surface area contributed by atoms with Crippen LogP contribution in [0, 0.1) is 0 Å². The van der Waals surface area contributed by atoms with Gasteiger partial charge < -0.3 is 10.1 Å². The number of sulfonamides is 1. The van der Waals surface area contributed by atoms with Gasteiger partial charge in [-0.25, -0.2) is 13.1 Å². The summed E-state index contributed by atoms with van der Waals surface area (Å²) in [5, 5.41) is 4.81. The predicted octanol–water partition coefficient (Wildman–Crippen LogP) is 1.31. The lowest BCUT2D eigenvalue weighted by atomic mass is 9.94. The summed E-state index contributed by atoms with van der Waals surface area (Å²) in [5.41, 5.74) is -0.407. The Morgan fingerprint density at radius 1 is 1.42 bits per heavy atom. The van der Waals surface area contributed by atoms with E-state index in [1.165, 1.54) is 11.3 Å². The molecule has 1 aromatic rings. The molecule has 2 rings (SSSR count). The van der Waals surface area contributed by atoms with Crippen LogP contribution in [0.5, 0.6) is 0 Å². The van der Waals surface area contributed by atoms with Crippen molar-refractivity contribution in [1.82, 2.24) is 10.0 Å². The third kappa shape index (κ3) is 3.55. The van der Waals surface area contributed by atoms with Crippen molar-refractivity contribution in [2.75, 3.05) is 20.3 Å². The second-order valence-corrected chi connectivity index (χ2v) is 7.67. The maximum Gasteiger partial charge on any atom is 0.242 e. The van der Waals surface area contributed by atoms with Gasteiger partial charge in [-0.3, -0.25) is 0 Å². The first-order chi connectivity index (χ1) is 8.97. The zero-order valence-corrected chi connectivity index (χ0v) is 12.9. The van der Waals surface area contributed by atoms with E-state index in [2.05, 4.69) is 10.0 Å². The van der Waals surface area contributed by atoms with E-state index in [-0.39, 0.29) is 0 Å². The van der Waals surface area contributed by atoms with Crippen LogP contribution in [-0.2, 0) is 21.3 Å². The average Bonchev–Trinajstić information content (AvgIpc) is 2.78. The minimum Gasteiger partial charge on any atom is -0.381 e. The van der Waals surface area contributed by atoms with Gasteiger partial charge in [0, 0.05) is 30.2 Å².